The number of amides is 1. The molecule has 23 heavy (non-hydrogen) atoms. The van der Waals surface area contributed by atoms with E-state index in [0.29, 0.717) is 5.92 Å². The summed E-state index contributed by atoms with van der Waals surface area (Å²) < 4.78 is 0. The number of piperidine rings is 1. The largest absolute Gasteiger partial charge is 0.396 e. The van der Waals surface area contributed by atoms with Crippen LogP contribution in [0.15, 0.2) is 24.3 Å². The first-order chi connectivity index (χ1) is 11.0. The zero-order chi connectivity index (χ0) is 16.8. The van der Waals surface area contributed by atoms with Crippen molar-refractivity contribution < 1.29 is 14.8 Å². The van der Waals surface area contributed by atoms with E-state index in [9.17, 15) is 14.9 Å². The molecule has 0 spiro atoms. The van der Waals surface area contributed by atoms with Gasteiger partial charge in [-0.3, -0.25) is 19.8 Å². The van der Waals surface area contributed by atoms with E-state index in [4.69, 9.17) is 5.11 Å². The van der Waals surface area contributed by atoms with Crippen LogP contribution in [0.2, 0.25) is 0 Å². The number of para-hydroxylation sites is 2. The second-order valence-electron chi connectivity index (χ2n) is 5.93. The zero-order valence-electron chi connectivity index (χ0n) is 13.3. The number of hydrogen-bond donors (Lipinski definition) is 2. The highest BCUT2D eigenvalue weighted by atomic mass is 16.6. The molecular formula is C16H23N3O4. The Morgan fingerprint density at radius 3 is 2.70 bits per heavy atom. The fourth-order valence-corrected chi connectivity index (χ4v) is 2.95. The molecule has 0 saturated carbocycles. The van der Waals surface area contributed by atoms with Crippen molar-refractivity contribution >= 4 is 17.3 Å². The van der Waals surface area contributed by atoms with Gasteiger partial charge in [0.25, 0.3) is 5.69 Å². The van der Waals surface area contributed by atoms with Gasteiger partial charge in [0.05, 0.1) is 11.0 Å². The Morgan fingerprint density at radius 2 is 2.09 bits per heavy atom. The number of anilines is 1. The van der Waals surface area contributed by atoms with E-state index in [0.717, 1.165) is 32.4 Å². The van der Waals surface area contributed by atoms with Gasteiger partial charge in [-0.15, -0.1) is 0 Å². The highest BCUT2D eigenvalue weighted by Crippen LogP contribution is 2.25. The van der Waals surface area contributed by atoms with Crippen molar-refractivity contribution in [2.24, 2.45) is 5.92 Å². The number of aliphatic hydroxyl groups excluding tert-OH is 1. The Kier molecular flexibility index (Phi) is 6.06. The summed E-state index contributed by atoms with van der Waals surface area (Å²) in [6.07, 6.45) is 2.73. The third kappa shape index (κ3) is 4.49. The van der Waals surface area contributed by atoms with Gasteiger partial charge in [-0.25, -0.2) is 0 Å². The average molecular weight is 321 g/mol. The second kappa shape index (κ2) is 8.03. The molecule has 1 heterocycles. The lowest BCUT2D eigenvalue weighted by atomic mass is 9.93. The van der Waals surface area contributed by atoms with Crippen LogP contribution in [0.25, 0.3) is 0 Å². The molecule has 2 rings (SSSR count). The highest BCUT2D eigenvalue weighted by molar-refractivity contribution is 5.96. The summed E-state index contributed by atoms with van der Waals surface area (Å²) in [7, 11) is 0. The van der Waals surface area contributed by atoms with E-state index in [-0.39, 0.29) is 29.9 Å². The third-order valence-electron chi connectivity index (χ3n) is 4.47. The molecule has 7 heteroatoms. The topological polar surface area (TPSA) is 95.7 Å². The van der Waals surface area contributed by atoms with Crippen LogP contribution in [0.4, 0.5) is 11.4 Å². The molecule has 1 aromatic rings. The minimum Gasteiger partial charge on any atom is -0.396 e. The van der Waals surface area contributed by atoms with Crippen molar-refractivity contribution in [1.29, 1.82) is 0 Å². The SMILES string of the molecule is C[C@H](C(=O)Nc1ccccc1[N+](=O)[O-])N1CCC(CCO)CC1. The maximum absolute atomic E-state index is 12.4. The van der Waals surface area contributed by atoms with Crippen molar-refractivity contribution in [2.75, 3.05) is 25.0 Å². The van der Waals surface area contributed by atoms with Gasteiger partial charge in [-0.2, -0.15) is 0 Å². The maximum Gasteiger partial charge on any atom is 0.292 e. The summed E-state index contributed by atoms with van der Waals surface area (Å²) in [5.74, 6) is 0.279. The molecule has 0 aliphatic carbocycles. The van der Waals surface area contributed by atoms with Crippen molar-refractivity contribution in [1.82, 2.24) is 4.90 Å². The van der Waals surface area contributed by atoms with Gasteiger partial charge in [0.2, 0.25) is 5.91 Å². The molecule has 1 aromatic carbocycles. The van der Waals surface area contributed by atoms with Gasteiger partial charge in [-0.05, 0) is 51.3 Å². The van der Waals surface area contributed by atoms with E-state index in [1.165, 1.54) is 12.1 Å². The summed E-state index contributed by atoms with van der Waals surface area (Å²) in [6, 6.07) is 5.80. The lowest BCUT2D eigenvalue weighted by Gasteiger charge is -2.35. The van der Waals surface area contributed by atoms with Gasteiger partial charge in [0, 0.05) is 12.7 Å². The Labute approximate surface area is 135 Å². The quantitative estimate of drug-likeness (QED) is 0.617. The zero-order valence-corrected chi connectivity index (χ0v) is 13.3. The van der Waals surface area contributed by atoms with Gasteiger partial charge in [0.1, 0.15) is 5.69 Å². The first-order valence-corrected chi connectivity index (χ1v) is 7.92. The fourth-order valence-electron chi connectivity index (χ4n) is 2.95. The number of nitrogens with zero attached hydrogens (tertiary/aromatic N) is 2. The summed E-state index contributed by atoms with van der Waals surface area (Å²) in [4.78, 5) is 25.0. The summed E-state index contributed by atoms with van der Waals surface area (Å²) in [6.45, 7) is 3.63. The number of nitro groups is 1. The summed E-state index contributed by atoms with van der Waals surface area (Å²) in [5.41, 5.74) is 0.124. The molecule has 1 aliphatic rings. The van der Waals surface area contributed by atoms with Crippen LogP contribution < -0.4 is 5.32 Å². The lowest BCUT2D eigenvalue weighted by molar-refractivity contribution is -0.383. The fraction of sp³-hybridized carbons (Fsp3) is 0.562. The van der Waals surface area contributed by atoms with E-state index in [1.54, 1.807) is 12.1 Å². The first-order valence-electron chi connectivity index (χ1n) is 7.92. The molecule has 2 N–H and O–H groups in total. The second-order valence-corrected chi connectivity index (χ2v) is 5.93. The minimum atomic E-state index is -0.499. The van der Waals surface area contributed by atoms with Gasteiger partial charge >= 0.3 is 0 Å². The van der Waals surface area contributed by atoms with Gasteiger partial charge < -0.3 is 10.4 Å². The van der Waals surface area contributed by atoms with Crippen LogP contribution in [0, 0.1) is 16.0 Å². The number of hydrogen-bond acceptors (Lipinski definition) is 5. The standard InChI is InChI=1S/C16H23N3O4/c1-12(18-9-6-13(7-10-18)8-11-20)16(21)17-14-4-2-3-5-15(14)19(22)23/h2-5,12-13,20H,6-11H2,1H3,(H,17,21)/t12-/m1/s1. The molecule has 0 unspecified atom stereocenters. The monoisotopic (exact) mass is 321 g/mol. The number of nitrogens with one attached hydrogen (secondary N) is 1. The van der Waals surface area contributed by atoms with Gasteiger partial charge in [-0.1, -0.05) is 12.1 Å². The number of rotatable bonds is 6. The summed E-state index contributed by atoms with van der Waals surface area (Å²) >= 11 is 0. The molecule has 1 saturated heterocycles. The molecule has 1 fully saturated rings. The first kappa shape index (κ1) is 17.4. The van der Waals surface area contributed by atoms with E-state index in [1.807, 2.05) is 6.92 Å². The van der Waals surface area contributed by atoms with Gasteiger partial charge in [0.15, 0.2) is 0 Å². The Balaban J connectivity index is 1.95. The Hall–Kier alpha value is -1.99. The number of nitro benzene ring substituents is 1. The number of carbonyl (C=O) groups excluding carboxylic acids is 1. The number of carbonyl (C=O) groups is 1. The molecule has 7 nitrogen and oxygen atoms in total. The van der Waals surface area contributed by atoms with Crippen LogP contribution in [0.3, 0.4) is 0 Å². The molecule has 0 radical (unpaired) electrons. The van der Waals surface area contributed by atoms with Crippen molar-refractivity contribution in [3.63, 3.8) is 0 Å². The Bertz CT molecular complexity index is 556. The van der Waals surface area contributed by atoms with E-state index >= 15 is 0 Å². The highest BCUT2D eigenvalue weighted by Gasteiger charge is 2.27. The number of likely N-dealkylation sites (tertiary alicyclic amines) is 1. The molecule has 1 aliphatic heterocycles. The van der Waals surface area contributed by atoms with Crippen LogP contribution in [0.1, 0.15) is 26.2 Å². The van der Waals surface area contributed by atoms with Crippen molar-refractivity contribution in [2.45, 2.75) is 32.2 Å². The number of benzene rings is 1. The predicted molar refractivity (Wildman–Crippen MR) is 87.2 cm³/mol. The van der Waals surface area contributed by atoms with Crippen LogP contribution in [-0.4, -0.2) is 46.6 Å². The normalized spacial score (nSPS) is 17.7. The van der Waals surface area contributed by atoms with E-state index < -0.39 is 4.92 Å². The van der Waals surface area contributed by atoms with E-state index in [2.05, 4.69) is 10.2 Å². The Morgan fingerprint density at radius 1 is 1.43 bits per heavy atom. The lowest BCUT2D eigenvalue weighted by Crippen LogP contribution is -2.46. The third-order valence-corrected chi connectivity index (χ3v) is 4.47. The maximum atomic E-state index is 12.4. The average Bonchev–Trinajstić information content (AvgIpc) is 2.55. The van der Waals surface area contributed by atoms with Crippen molar-refractivity contribution in [3.8, 4) is 0 Å². The molecule has 0 bridgehead atoms. The van der Waals surface area contributed by atoms with Crippen LogP contribution >= 0.6 is 0 Å². The van der Waals surface area contributed by atoms with Crippen LogP contribution in [0.5, 0.6) is 0 Å². The molecule has 0 aromatic heterocycles. The molecule has 1 atom stereocenters. The smallest absolute Gasteiger partial charge is 0.292 e. The molecule has 1 amide bonds. The van der Waals surface area contributed by atoms with Crippen LogP contribution in [-0.2, 0) is 4.79 Å². The number of aliphatic hydroxyl groups is 1. The molecular weight excluding hydrogens is 298 g/mol. The summed E-state index contributed by atoms with van der Waals surface area (Å²) in [5, 5.41) is 22.6. The van der Waals surface area contributed by atoms with Crippen molar-refractivity contribution in [3.05, 3.63) is 34.4 Å². The molecule has 126 valence electrons. The minimum absolute atomic E-state index is 0.102. The predicted octanol–water partition coefficient (Wildman–Crippen LogP) is 2.02.